The van der Waals surface area contributed by atoms with Gasteiger partial charge in [-0.05, 0) is 24.3 Å². The fourth-order valence-corrected chi connectivity index (χ4v) is 0.947. The number of ether oxygens (including phenoxy) is 2. The Bertz CT molecular complexity index is 310. The van der Waals surface area contributed by atoms with Gasteiger partial charge in [0, 0.05) is 0 Å². The van der Waals surface area contributed by atoms with Crippen molar-refractivity contribution in [3.05, 3.63) is 24.3 Å². The number of benzene rings is 1. The third kappa shape index (κ3) is 2.14. The summed E-state index contributed by atoms with van der Waals surface area (Å²) in [6, 6.07) is 6.74. The fraction of sp³-hybridized carbons (Fsp3) is 0.222. The smallest absolute Gasteiger partial charge is 0.428 e. The molecule has 5 nitrogen and oxygen atoms in total. The van der Waals surface area contributed by atoms with Crippen molar-refractivity contribution < 1.29 is 14.3 Å². The van der Waals surface area contributed by atoms with Crippen molar-refractivity contribution in [1.29, 1.82) is 0 Å². The zero-order valence-corrected chi connectivity index (χ0v) is 8.06. The minimum absolute atomic E-state index is 0.539. The predicted molar refractivity (Wildman–Crippen MR) is 52.1 cm³/mol. The van der Waals surface area contributed by atoms with Gasteiger partial charge in [-0.15, -0.1) is 0 Å². The first-order valence-electron chi connectivity index (χ1n) is 3.96. The first kappa shape index (κ1) is 10.3. The van der Waals surface area contributed by atoms with Gasteiger partial charge >= 0.3 is 6.09 Å². The number of hydrogen-bond acceptors (Lipinski definition) is 4. The lowest BCUT2D eigenvalue weighted by molar-refractivity contribution is 0.178. The molecule has 0 fully saturated rings. The quantitative estimate of drug-likeness (QED) is 0.437. The van der Waals surface area contributed by atoms with Crippen molar-refractivity contribution >= 4 is 11.8 Å². The predicted octanol–water partition coefficient (Wildman–Crippen LogP) is 1.14. The van der Waals surface area contributed by atoms with Crippen LogP contribution >= 0.6 is 0 Å². The van der Waals surface area contributed by atoms with Crippen molar-refractivity contribution in [3.63, 3.8) is 0 Å². The van der Waals surface area contributed by atoms with Crippen molar-refractivity contribution in [2.24, 2.45) is 5.84 Å². The Kier molecular flexibility index (Phi) is 3.30. The number of nitrogens with zero attached hydrogens (tertiary/aromatic N) is 1. The molecule has 0 aliphatic rings. The van der Waals surface area contributed by atoms with Crippen LogP contribution in [0.25, 0.3) is 0 Å². The van der Waals surface area contributed by atoms with E-state index in [1.807, 2.05) is 0 Å². The highest BCUT2D eigenvalue weighted by Gasteiger charge is 2.10. The third-order valence-corrected chi connectivity index (χ3v) is 1.72. The van der Waals surface area contributed by atoms with Gasteiger partial charge in [0.15, 0.2) is 0 Å². The summed E-state index contributed by atoms with van der Waals surface area (Å²) < 4.78 is 9.41. The molecule has 0 aliphatic heterocycles. The number of carbonyl (C=O) groups excluding carboxylic acids is 1. The highest BCUT2D eigenvalue weighted by molar-refractivity contribution is 5.86. The molecule has 0 heterocycles. The topological polar surface area (TPSA) is 64.8 Å². The molecular formula is C9H12N2O3. The van der Waals surface area contributed by atoms with Crippen molar-refractivity contribution in [2.75, 3.05) is 19.2 Å². The highest BCUT2D eigenvalue weighted by Crippen LogP contribution is 2.17. The van der Waals surface area contributed by atoms with E-state index in [0.29, 0.717) is 11.4 Å². The van der Waals surface area contributed by atoms with Gasteiger partial charge in [-0.1, -0.05) is 0 Å². The summed E-state index contributed by atoms with van der Waals surface area (Å²) in [5, 5.41) is 0.916. The van der Waals surface area contributed by atoms with Gasteiger partial charge < -0.3 is 9.47 Å². The lowest BCUT2D eigenvalue weighted by Gasteiger charge is -2.14. The Labute approximate surface area is 82.0 Å². The van der Waals surface area contributed by atoms with Crippen LogP contribution in [0.5, 0.6) is 5.75 Å². The summed E-state index contributed by atoms with van der Waals surface area (Å²) in [5.74, 6) is 6.16. The van der Waals surface area contributed by atoms with Crippen LogP contribution in [0.1, 0.15) is 0 Å². The van der Waals surface area contributed by atoms with E-state index in [9.17, 15) is 4.79 Å². The lowest BCUT2D eigenvalue weighted by Crippen LogP contribution is -2.37. The molecule has 1 rings (SSSR count). The van der Waals surface area contributed by atoms with E-state index in [4.69, 9.17) is 10.6 Å². The van der Waals surface area contributed by atoms with Crippen molar-refractivity contribution in [2.45, 2.75) is 0 Å². The van der Waals surface area contributed by atoms with E-state index in [2.05, 4.69) is 4.74 Å². The average molecular weight is 196 g/mol. The summed E-state index contributed by atoms with van der Waals surface area (Å²) in [7, 11) is 2.83. The molecule has 0 aliphatic carbocycles. The Morgan fingerprint density at radius 2 is 1.86 bits per heavy atom. The molecule has 14 heavy (non-hydrogen) atoms. The number of hydrazine groups is 1. The number of nitrogens with two attached hydrogens (primary N) is 1. The standard InChI is InChI=1S/C9H12N2O3/c1-13-8-5-3-7(4-6-8)11(10)9(12)14-2/h3-6H,10H2,1-2H3. The van der Waals surface area contributed by atoms with E-state index in [1.54, 1.807) is 31.4 Å². The molecule has 2 N–H and O–H groups in total. The van der Waals surface area contributed by atoms with Crippen molar-refractivity contribution in [1.82, 2.24) is 0 Å². The molecule has 0 atom stereocenters. The maximum atomic E-state index is 11.0. The van der Waals surface area contributed by atoms with Crippen LogP contribution in [0.4, 0.5) is 10.5 Å². The summed E-state index contributed by atoms with van der Waals surface area (Å²) in [5.41, 5.74) is 0.539. The van der Waals surface area contributed by atoms with Gasteiger partial charge in [-0.2, -0.15) is 0 Å². The van der Waals surface area contributed by atoms with Crippen LogP contribution in [0.15, 0.2) is 24.3 Å². The van der Waals surface area contributed by atoms with E-state index in [1.165, 1.54) is 7.11 Å². The SMILES string of the molecule is COC(=O)N(N)c1ccc(OC)cc1. The molecule has 0 radical (unpaired) electrons. The number of hydrogen-bond donors (Lipinski definition) is 1. The molecule has 0 spiro atoms. The molecule has 0 saturated carbocycles. The zero-order valence-electron chi connectivity index (χ0n) is 8.06. The van der Waals surface area contributed by atoms with E-state index in [-0.39, 0.29) is 0 Å². The number of methoxy groups -OCH3 is 2. The first-order chi connectivity index (χ1) is 6.69. The van der Waals surface area contributed by atoms with Gasteiger partial charge in [-0.25, -0.2) is 15.6 Å². The van der Waals surface area contributed by atoms with E-state index < -0.39 is 6.09 Å². The Hall–Kier alpha value is -1.75. The van der Waals surface area contributed by atoms with Gasteiger partial charge in [0.2, 0.25) is 0 Å². The minimum Gasteiger partial charge on any atom is -0.497 e. The molecule has 1 aromatic carbocycles. The largest absolute Gasteiger partial charge is 0.497 e. The van der Waals surface area contributed by atoms with E-state index in [0.717, 1.165) is 5.01 Å². The molecule has 1 aromatic rings. The molecule has 0 bridgehead atoms. The third-order valence-electron chi connectivity index (χ3n) is 1.72. The second kappa shape index (κ2) is 4.48. The second-order valence-corrected chi connectivity index (χ2v) is 2.54. The van der Waals surface area contributed by atoms with Gasteiger partial charge in [0.25, 0.3) is 0 Å². The number of anilines is 1. The molecule has 0 unspecified atom stereocenters. The number of rotatable bonds is 2. The lowest BCUT2D eigenvalue weighted by atomic mass is 10.3. The number of carbonyl (C=O) groups is 1. The molecule has 76 valence electrons. The first-order valence-corrected chi connectivity index (χ1v) is 3.96. The van der Waals surface area contributed by atoms with Gasteiger partial charge in [-0.3, -0.25) is 0 Å². The van der Waals surface area contributed by atoms with E-state index >= 15 is 0 Å². The highest BCUT2D eigenvalue weighted by atomic mass is 16.5. The monoisotopic (exact) mass is 196 g/mol. The maximum absolute atomic E-state index is 11.0. The zero-order chi connectivity index (χ0) is 10.6. The summed E-state index contributed by atoms with van der Waals surface area (Å²) in [6.45, 7) is 0. The molecule has 0 aromatic heterocycles. The van der Waals surface area contributed by atoms with Crippen LogP contribution in [0, 0.1) is 0 Å². The Morgan fingerprint density at radius 3 is 2.29 bits per heavy atom. The average Bonchev–Trinajstić information content (AvgIpc) is 2.27. The summed E-state index contributed by atoms with van der Waals surface area (Å²) in [6.07, 6.45) is -0.616. The minimum atomic E-state index is -0.616. The maximum Gasteiger partial charge on any atom is 0.428 e. The normalized spacial score (nSPS) is 9.36. The molecular weight excluding hydrogens is 184 g/mol. The van der Waals surface area contributed by atoms with Crippen LogP contribution < -0.4 is 15.6 Å². The van der Waals surface area contributed by atoms with Crippen molar-refractivity contribution in [3.8, 4) is 5.75 Å². The number of amides is 1. The van der Waals surface area contributed by atoms with Crippen LogP contribution in [-0.2, 0) is 4.74 Å². The van der Waals surface area contributed by atoms with Gasteiger partial charge in [0.05, 0.1) is 19.9 Å². The fourth-order valence-electron chi connectivity index (χ4n) is 0.947. The summed E-state index contributed by atoms with van der Waals surface area (Å²) >= 11 is 0. The van der Waals surface area contributed by atoms with Gasteiger partial charge in [0.1, 0.15) is 5.75 Å². The van der Waals surface area contributed by atoms with Crippen LogP contribution in [0.2, 0.25) is 0 Å². The summed E-state index contributed by atoms with van der Waals surface area (Å²) in [4.78, 5) is 11.0. The molecule has 0 saturated heterocycles. The molecule has 5 heteroatoms. The Morgan fingerprint density at radius 1 is 1.29 bits per heavy atom. The molecule has 1 amide bonds. The van der Waals surface area contributed by atoms with Crippen LogP contribution in [-0.4, -0.2) is 20.3 Å². The van der Waals surface area contributed by atoms with Crippen LogP contribution in [0.3, 0.4) is 0 Å². The second-order valence-electron chi connectivity index (χ2n) is 2.54. The Balaban J connectivity index is 2.81.